The summed E-state index contributed by atoms with van der Waals surface area (Å²) < 4.78 is 6.71. The van der Waals surface area contributed by atoms with E-state index in [9.17, 15) is 9.59 Å². The smallest absolute Gasteiger partial charge is 0.262 e. The number of aryl methyl sites for hydroxylation is 3. The second-order valence-corrected chi connectivity index (χ2v) is 7.71. The average Bonchev–Trinajstić information content (AvgIpc) is 2.92. The van der Waals surface area contributed by atoms with E-state index in [4.69, 9.17) is 4.74 Å². The van der Waals surface area contributed by atoms with E-state index < -0.39 is 0 Å². The molecule has 0 saturated heterocycles. The molecule has 144 valence electrons. The van der Waals surface area contributed by atoms with Crippen LogP contribution in [0.15, 0.2) is 11.1 Å². The van der Waals surface area contributed by atoms with Crippen molar-refractivity contribution in [1.82, 2.24) is 14.5 Å². The highest BCUT2D eigenvalue weighted by Gasteiger charge is 2.21. The molecular weight excluding hydrogens is 350 g/mol. The van der Waals surface area contributed by atoms with Crippen molar-refractivity contribution in [1.29, 1.82) is 0 Å². The summed E-state index contributed by atoms with van der Waals surface area (Å²) >= 11 is 1.54. The Labute approximate surface area is 158 Å². The fraction of sp³-hybridized carbons (Fsp3) is 0.632. The van der Waals surface area contributed by atoms with Crippen LogP contribution < -0.4 is 5.56 Å². The lowest BCUT2D eigenvalue weighted by Crippen LogP contribution is -2.42. The number of amides is 1. The Balaban J connectivity index is 2.16. The number of nitrogens with zero attached hydrogens (tertiary/aromatic N) is 3. The fourth-order valence-corrected chi connectivity index (χ4v) is 4.21. The first-order valence-electron chi connectivity index (χ1n) is 9.18. The standard InChI is InChI=1S/C19H29N3O3S/c1-6-15(7-2)22(10-11-25-5)16(23)8-9-21-12-20-18-17(19(21)24)13(3)14(4)26-18/h12,15H,6-11H2,1-5H3. The van der Waals surface area contributed by atoms with Gasteiger partial charge in [-0.15, -0.1) is 11.3 Å². The molecule has 0 aliphatic rings. The van der Waals surface area contributed by atoms with Gasteiger partial charge in [-0.1, -0.05) is 13.8 Å². The van der Waals surface area contributed by atoms with E-state index in [1.54, 1.807) is 18.0 Å². The number of rotatable bonds is 9. The molecule has 6 nitrogen and oxygen atoms in total. The van der Waals surface area contributed by atoms with Gasteiger partial charge in [0.25, 0.3) is 5.56 Å². The molecule has 0 aromatic carbocycles. The normalized spacial score (nSPS) is 11.5. The molecule has 0 unspecified atom stereocenters. The summed E-state index contributed by atoms with van der Waals surface area (Å²) in [7, 11) is 1.64. The predicted molar refractivity (Wildman–Crippen MR) is 106 cm³/mol. The maximum atomic E-state index is 12.8. The van der Waals surface area contributed by atoms with Crippen molar-refractivity contribution in [2.45, 2.75) is 59.5 Å². The number of hydrogen-bond acceptors (Lipinski definition) is 5. The van der Waals surface area contributed by atoms with Gasteiger partial charge in [0.2, 0.25) is 5.91 Å². The zero-order valence-electron chi connectivity index (χ0n) is 16.4. The lowest BCUT2D eigenvalue weighted by atomic mass is 10.1. The fourth-order valence-electron chi connectivity index (χ4n) is 3.22. The van der Waals surface area contributed by atoms with Crippen LogP contribution in [0.4, 0.5) is 0 Å². The van der Waals surface area contributed by atoms with E-state index >= 15 is 0 Å². The third-order valence-corrected chi connectivity index (χ3v) is 6.08. The first-order chi connectivity index (χ1) is 12.4. The Morgan fingerprint density at radius 2 is 2.04 bits per heavy atom. The number of carbonyl (C=O) groups excluding carboxylic acids is 1. The lowest BCUT2D eigenvalue weighted by Gasteiger charge is -2.30. The third-order valence-electron chi connectivity index (χ3n) is 4.96. The molecular formula is C19H29N3O3S. The van der Waals surface area contributed by atoms with Crippen LogP contribution in [0.5, 0.6) is 0 Å². The number of hydrogen-bond donors (Lipinski definition) is 0. The van der Waals surface area contributed by atoms with Gasteiger partial charge in [-0.3, -0.25) is 14.2 Å². The van der Waals surface area contributed by atoms with Gasteiger partial charge in [-0.25, -0.2) is 4.98 Å². The van der Waals surface area contributed by atoms with Gasteiger partial charge < -0.3 is 9.64 Å². The van der Waals surface area contributed by atoms with Crippen molar-refractivity contribution in [3.05, 3.63) is 27.1 Å². The maximum Gasteiger partial charge on any atom is 0.262 e. The summed E-state index contributed by atoms with van der Waals surface area (Å²) in [6.45, 7) is 9.57. The summed E-state index contributed by atoms with van der Waals surface area (Å²) in [5.41, 5.74) is 0.928. The van der Waals surface area contributed by atoms with Crippen molar-refractivity contribution in [2.75, 3.05) is 20.3 Å². The van der Waals surface area contributed by atoms with Crippen LogP contribution >= 0.6 is 11.3 Å². The molecule has 0 atom stereocenters. The molecule has 26 heavy (non-hydrogen) atoms. The van der Waals surface area contributed by atoms with Crippen LogP contribution in [-0.4, -0.2) is 46.7 Å². The number of fused-ring (bicyclic) bond motifs is 1. The van der Waals surface area contributed by atoms with E-state index in [0.717, 1.165) is 28.1 Å². The number of methoxy groups -OCH3 is 1. The molecule has 7 heteroatoms. The second kappa shape index (κ2) is 9.28. The Morgan fingerprint density at radius 1 is 1.35 bits per heavy atom. The molecule has 0 aliphatic carbocycles. The number of ether oxygens (including phenoxy) is 1. The third kappa shape index (κ3) is 4.32. The minimum atomic E-state index is -0.0596. The highest BCUT2D eigenvalue weighted by Crippen LogP contribution is 2.25. The summed E-state index contributed by atoms with van der Waals surface area (Å²) in [5.74, 6) is 0.0565. The summed E-state index contributed by atoms with van der Waals surface area (Å²) in [6, 6.07) is 0.205. The summed E-state index contributed by atoms with van der Waals surface area (Å²) in [4.78, 5) is 33.7. The number of carbonyl (C=O) groups is 1. The van der Waals surface area contributed by atoms with Gasteiger partial charge in [-0.2, -0.15) is 0 Å². The molecule has 1 amide bonds. The Kier molecular flexibility index (Phi) is 7.34. The van der Waals surface area contributed by atoms with Crippen LogP contribution in [0, 0.1) is 13.8 Å². The molecule has 0 N–H and O–H groups in total. The number of thiophene rings is 1. The van der Waals surface area contributed by atoms with Crippen LogP contribution in [0.2, 0.25) is 0 Å². The van der Waals surface area contributed by atoms with Crippen molar-refractivity contribution in [3.63, 3.8) is 0 Å². The van der Waals surface area contributed by atoms with Crippen LogP contribution in [0.25, 0.3) is 10.2 Å². The Hall–Kier alpha value is -1.73. The van der Waals surface area contributed by atoms with Gasteiger partial charge >= 0.3 is 0 Å². The average molecular weight is 380 g/mol. The topological polar surface area (TPSA) is 64.4 Å². The van der Waals surface area contributed by atoms with E-state index in [0.29, 0.717) is 25.1 Å². The molecule has 0 spiro atoms. The Morgan fingerprint density at radius 3 is 2.65 bits per heavy atom. The van der Waals surface area contributed by atoms with Crippen molar-refractivity contribution >= 4 is 27.5 Å². The van der Waals surface area contributed by atoms with Crippen molar-refractivity contribution in [3.8, 4) is 0 Å². The highest BCUT2D eigenvalue weighted by atomic mass is 32.1. The van der Waals surface area contributed by atoms with Gasteiger partial charge in [0, 0.05) is 37.5 Å². The van der Waals surface area contributed by atoms with Crippen LogP contribution in [0.3, 0.4) is 0 Å². The first kappa shape index (κ1) is 20.6. The van der Waals surface area contributed by atoms with E-state index in [1.165, 1.54) is 11.3 Å². The summed E-state index contributed by atoms with van der Waals surface area (Å²) in [5, 5.41) is 0.679. The van der Waals surface area contributed by atoms with Crippen molar-refractivity contribution in [2.24, 2.45) is 0 Å². The predicted octanol–water partition coefficient (Wildman–Crippen LogP) is 3.13. The second-order valence-electron chi connectivity index (χ2n) is 6.51. The molecule has 2 rings (SSSR count). The molecule has 0 saturated carbocycles. The molecule has 0 aliphatic heterocycles. The quantitative estimate of drug-likeness (QED) is 0.671. The molecule has 0 radical (unpaired) electrons. The first-order valence-corrected chi connectivity index (χ1v) is 9.99. The van der Waals surface area contributed by atoms with Gasteiger partial charge in [0.05, 0.1) is 18.3 Å². The molecule has 2 aromatic heterocycles. The van der Waals surface area contributed by atoms with Crippen molar-refractivity contribution < 1.29 is 9.53 Å². The van der Waals surface area contributed by atoms with E-state index in [1.807, 2.05) is 18.7 Å². The zero-order chi connectivity index (χ0) is 19.3. The monoisotopic (exact) mass is 379 g/mol. The molecule has 2 heterocycles. The zero-order valence-corrected chi connectivity index (χ0v) is 17.2. The highest BCUT2D eigenvalue weighted by molar-refractivity contribution is 7.18. The Bertz CT molecular complexity index is 808. The largest absolute Gasteiger partial charge is 0.383 e. The minimum Gasteiger partial charge on any atom is -0.383 e. The molecule has 0 fully saturated rings. The summed E-state index contributed by atoms with van der Waals surface area (Å²) in [6.07, 6.45) is 3.67. The maximum absolute atomic E-state index is 12.8. The lowest BCUT2D eigenvalue weighted by molar-refractivity contribution is -0.134. The van der Waals surface area contributed by atoms with E-state index in [2.05, 4.69) is 18.8 Å². The van der Waals surface area contributed by atoms with E-state index in [-0.39, 0.29) is 23.9 Å². The SMILES string of the molecule is CCC(CC)N(CCOC)C(=O)CCn1cnc2sc(C)c(C)c2c1=O. The van der Waals surface area contributed by atoms with Crippen LogP contribution in [0.1, 0.15) is 43.6 Å². The number of aromatic nitrogens is 2. The van der Waals surface area contributed by atoms with Gasteiger partial charge in [-0.05, 0) is 32.3 Å². The minimum absolute atomic E-state index is 0.0565. The molecule has 2 aromatic rings. The van der Waals surface area contributed by atoms with Gasteiger partial charge in [0.1, 0.15) is 4.83 Å². The van der Waals surface area contributed by atoms with Crippen LogP contribution in [-0.2, 0) is 16.1 Å². The van der Waals surface area contributed by atoms with Gasteiger partial charge in [0.15, 0.2) is 0 Å². The molecule has 0 bridgehead atoms.